The van der Waals surface area contributed by atoms with Crippen molar-refractivity contribution in [3.05, 3.63) is 90.0 Å². The third kappa shape index (κ3) is 4.55. The number of ether oxygens (including phenoxy) is 1. The first-order chi connectivity index (χ1) is 16.7. The minimum absolute atomic E-state index is 0.0459. The largest absolute Gasteiger partial charge is 0.493 e. The molecule has 0 aromatic heterocycles. The predicted octanol–water partition coefficient (Wildman–Crippen LogP) is 4.86. The summed E-state index contributed by atoms with van der Waals surface area (Å²) in [4.78, 5) is 14.8. The van der Waals surface area contributed by atoms with Crippen LogP contribution in [0.15, 0.2) is 78.9 Å². The Morgan fingerprint density at radius 2 is 1.71 bits per heavy atom. The van der Waals surface area contributed by atoms with Gasteiger partial charge in [0, 0.05) is 30.5 Å². The predicted molar refractivity (Wildman–Crippen MR) is 133 cm³/mol. The maximum Gasteiger partial charge on any atom is 0.251 e. The van der Waals surface area contributed by atoms with Gasteiger partial charge in [-0.15, -0.1) is 0 Å². The summed E-state index contributed by atoms with van der Waals surface area (Å²) in [5, 5.41) is 12.8. The Morgan fingerprint density at radius 1 is 0.971 bits per heavy atom. The minimum Gasteiger partial charge on any atom is -0.493 e. The molecule has 2 heterocycles. The Hall–Kier alpha value is -3.62. The summed E-state index contributed by atoms with van der Waals surface area (Å²) in [6, 6.07) is 28.5. The van der Waals surface area contributed by atoms with E-state index >= 15 is 0 Å². The highest BCUT2D eigenvalue weighted by molar-refractivity contribution is 5.94. The third-order valence-electron chi connectivity index (χ3n) is 7.04. The Labute approximate surface area is 201 Å². The molecule has 1 N–H and O–H groups in total. The van der Waals surface area contributed by atoms with Crippen LogP contribution in [0, 0.1) is 17.2 Å². The number of nitriles is 1. The quantitative estimate of drug-likeness (QED) is 0.521. The molecule has 1 unspecified atom stereocenters. The number of nitrogens with zero attached hydrogens (tertiary/aromatic N) is 2. The fourth-order valence-electron chi connectivity index (χ4n) is 5.23. The number of nitrogens with one attached hydrogen (secondary N) is 1. The lowest BCUT2D eigenvalue weighted by Gasteiger charge is -2.28. The maximum atomic E-state index is 12.5. The molecular weight excluding hydrogens is 422 g/mol. The summed E-state index contributed by atoms with van der Waals surface area (Å²) in [5.41, 5.74) is 4.14. The van der Waals surface area contributed by atoms with E-state index in [9.17, 15) is 10.1 Å². The second-order valence-electron chi connectivity index (χ2n) is 9.09. The number of benzene rings is 3. The molecule has 1 amide bonds. The van der Waals surface area contributed by atoms with Gasteiger partial charge in [-0.05, 0) is 54.3 Å². The van der Waals surface area contributed by atoms with Gasteiger partial charge >= 0.3 is 0 Å². The van der Waals surface area contributed by atoms with Crippen LogP contribution < -0.4 is 10.1 Å². The number of para-hydroxylation sites is 1. The fraction of sp³-hybridized carbons (Fsp3) is 0.310. The zero-order chi connectivity index (χ0) is 23.3. The molecule has 5 heteroatoms. The van der Waals surface area contributed by atoms with Gasteiger partial charge in [-0.3, -0.25) is 9.69 Å². The Morgan fingerprint density at radius 3 is 2.50 bits per heavy atom. The number of carbonyl (C=O) groups is 1. The van der Waals surface area contributed by atoms with Crippen molar-refractivity contribution in [3.63, 3.8) is 0 Å². The molecule has 34 heavy (non-hydrogen) atoms. The van der Waals surface area contributed by atoms with E-state index in [1.54, 1.807) is 0 Å². The lowest BCUT2D eigenvalue weighted by Crippen LogP contribution is -2.35. The molecule has 3 aromatic rings. The van der Waals surface area contributed by atoms with Gasteiger partial charge in [-0.2, -0.15) is 5.26 Å². The molecule has 2 aliphatic rings. The molecule has 0 bridgehead atoms. The van der Waals surface area contributed by atoms with Crippen LogP contribution in [0.25, 0.3) is 11.1 Å². The van der Waals surface area contributed by atoms with E-state index < -0.39 is 0 Å². The van der Waals surface area contributed by atoms with Gasteiger partial charge < -0.3 is 10.1 Å². The number of rotatable bonds is 7. The molecule has 2 aliphatic heterocycles. The van der Waals surface area contributed by atoms with Crippen LogP contribution in [0.2, 0.25) is 0 Å². The van der Waals surface area contributed by atoms with Crippen molar-refractivity contribution in [2.45, 2.75) is 24.8 Å². The minimum atomic E-state index is -0.115. The summed E-state index contributed by atoms with van der Waals surface area (Å²) >= 11 is 0. The molecule has 0 aliphatic carbocycles. The van der Waals surface area contributed by atoms with Crippen LogP contribution in [0.5, 0.6) is 5.75 Å². The molecule has 5 rings (SSSR count). The lowest BCUT2D eigenvalue weighted by atomic mass is 9.84. The van der Waals surface area contributed by atoms with Gasteiger partial charge in [0.1, 0.15) is 11.8 Å². The van der Waals surface area contributed by atoms with Crippen LogP contribution in [0.3, 0.4) is 0 Å². The Bertz CT molecular complexity index is 1170. The van der Waals surface area contributed by atoms with Gasteiger partial charge in [-0.25, -0.2) is 0 Å². The highest BCUT2D eigenvalue weighted by atomic mass is 16.5. The summed E-state index contributed by atoms with van der Waals surface area (Å²) in [6.45, 7) is 2.98. The fourth-order valence-corrected chi connectivity index (χ4v) is 5.23. The topological polar surface area (TPSA) is 65.4 Å². The molecule has 0 spiro atoms. The summed E-state index contributed by atoms with van der Waals surface area (Å²) in [7, 11) is 0. The van der Waals surface area contributed by atoms with E-state index in [1.165, 1.54) is 5.56 Å². The Kier molecular flexibility index (Phi) is 6.60. The molecule has 1 saturated heterocycles. The number of unbranched alkanes of at least 4 members (excludes halogenated alkanes) is 1. The molecule has 3 aromatic carbocycles. The van der Waals surface area contributed by atoms with Crippen LogP contribution in [-0.4, -0.2) is 43.1 Å². The molecule has 3 atom stereocenters. The first-order valence-corrected chi connectivity index (χ1v) is 12.0. The molecule has 172 valence electrons. The van der Waals surface area contributed by atoms with Gasteiger partial charge in [0.05, 0.1) is 12.7 Å². The third-order valence-corrected chi connectivity index (χ3v) is 7.04. The number of hydrogen-bond acceptors (Lipinski definition) is 4. The first kappa shape index (κ1) is 22.2. The monoisotopic (exact) mass is 451 g/mol. The van der Waals surface area contributed by atoms with Crippen molar-refractivity contribution in [2.75, 3.05) is 26.2 Å². The molecule has 5 nitrogen and oxygen atoms in total. The normalized spacial score (nSPS) is 21.1. The molecule has 1 fully saturated rings. The van der Waals surface area contributed by atoms with Crippen LogP contribution in [0.1, 0.15) is 34.7 Å². The standard InChI is InChI=1S/C29H29N3O2/c30-18-27-26-20-34-28-11-5-4-10-24(28)25(26)19-32(27)17-7-6-16-31-29(33)23-14-12-22(13-15-23)21-8-2-1-3-9-21/h1-5,8-15,25-27H,6-7,16-17,19-20H2,(H,31,33)/t25-,26-,27?/m0/s1. The van der Waals surface area contributed by atoms with E-state index in [4.69, 9.17) is 4.74 Å². The highest BCUT2D eigenvalue weighted by Crippen LogP contribution is 2.44. The summed E-state index contributed by atoms with van der Waals surface area (Å²) in [6.07, 6.45) is 1.82. The SMILES string of the molecule is N#CC1[C@H]2COc3ccccc3[C@@H]2CN1CCCCNC(=O)c1ccc(-c2ccccc2)cc1. The second kappa shape index (κ2) is 10.1. The molecule has 0 saturated carbocycles. The highest BCUT2D eigenvalue weighted by Gasteiger charge is 2.45. The van der Waals surface area contributed by atoms with E-state index in [2.05, 4.69) is 34.5 Å². The average Bonchev–Trinajstić information content (AvgIpc) is 3.27. The van der Waals surface area contributed by atoms with Crippen molar-refractivity contribution < 1.29 is 9.53 Å². The van der Waals surface area contributed by atoms with Gasteiger partial charge in [0.15, 0.2) is 0 Å². The lowest BCUT2D eigenvalue weighted by molar-refractivity contribution is 0.0952. The van der Waals surface area contributed by atoms with E-state index in [0.29, 0.717) is 24.6 Å². The van der Waals surface area contributed by atoms with Crippen molar-refractivity contribution in [1.82, 2.24) is 10.2 Å². The molecule has 0 radical (unpaired) electrons. The zero-order valence-electron chi connectivity index (χ0n) is 19.2. The average molecular weight is 452 g/mol. The zero-order valence-corrected chi connectivity index (χ0v) is 19.2. The smallest absolute Gasteiger partial charge is 0.251 e. The number of amides is 1. The van der Waals surface area contributed by atoms with E-state index in [1.807, 2.05) is 60.7 Å². The first-order valence-electron chi connectivity index (χ1n) is 12.0. The number of hydrogen-bond donors (Lipinski definition) is 1. The van der Waals surface area contributed by atoms with Crippen LogP contribution in [0.4, 0.5) is 0 Å². The van der Waals surface area contributed by atoms with Crippen molar-refractivity contribution >= 4 is 5.91 Å². The Balaban J connectivity index is 1.09. The van der Waals surface area contributed by atoms with E-state index in [0.717, 1.165) is 42.8 Å². The maximum absolute atomic E-state index is 12.5. The second-order valence-corrected chi connectivity index (χ2v) is 9.09. The van der Waals surface area contributed by atoms with E-state index in [-0.39, 0.29) is 17.9 Å². The van der Waals surface area contributed by atoms with Gasteiger partial charge in [-0.1, -0.05) is 60.7 Å². The number of likely N-dealkylation sites (tertiary alicyclic amines) is 1. The van der Waals surface area contributed by atoms with Crippen molar-refractivity contribution in [3.8, 4) is 22.9 Å². The summed E-state index contributed by atoms with van der Waals surface area (Å²) < 4.78 is 5.94. The van der Waals surface area contributed by atoms with Gasteiger partial charge in [0.25, 0.3) is 5.91 Å². The summed E-state index contributed by atoms with van der Waals surface area (Å²) in [5.74, 6) is 1.49. The van der Waals surface area contributed by atoms with Crippen LogP contribution in [-0.2, 0) is 0 Å². The van der Waals surface area contributed by atoms with Crippen molar-refractivity contribution in [1.29, 1.82) is 5.26 Å². The number of fused-ring (bicyclic) bond motifs is 3. The molecular formula is C29H29N3O2. The van der Waals surface area contributed by atoms with Crippen molar-refractivity contribution in [2.24, 2.45) is 5.92 Å². The van der Waals surface area contributed by atoms with Gasteiger partial charge in [0.2, 0.25) is 0 Å². The number of carbonyl (C=O) groups excluding carboxylic acids is 1. The van der Waals surface area contributed by atoms with Crippen LogP contribution >= 0.6 is 0 Å².